The predicted molar refractivity (Wildman–Crippen MR) is 103 cm³/mol. The number of hydrogen-bond donors (Lipinski definition) is 0. The highest BCUT2D eigenvalue weighted by atomic mass is 32.2. The minimum atomic E-state index is -3.42. The summed E-state index contributed by atoms with van der Waals surface area (Å²) in [6.07, 6.45) is 0. The minimum absolute atomic E-state index is 0.393. The lowest BCUT2D eigenvalue weighted by molar-refractivity contribution is 0.181. The van der Waals surface area contributed by atoms with Crippen LogP contribution in [-0.2, 0) is 16.6 Å². The molecule has 0 amide bonds. The van der Waals surface area contributed by atoms with Gasteiger partial charge < -0.3 is 4.74 Å². The third kappa shape index (κ3) is 4.09. The molecule has 0 radical (unpaired) electrons. The van der Waals surface area contributed by atoms with E-state index in [0.29, 0.717) is 18.0 Å². The molecule has 0 aromatic heterocycles. The third-order valence-electron chi connectivity index (χ3n) is 5.01. The molecule has 6 heteroatoms. The number of ether oxygens (including phenoxy) is 1. The molecule has 26 heavy (non-hydrogen) atoms. The zero-order chi connectivity index (χ0) is 18.7. The summed E-state index contributed by atoms with van der Waals surface area (Å²) < 4.78 is 32.5. The van der Waals surface area contributed by atoms with Gasteiger partial charge in [0.2, 0.25) is 10.0 Å². The molecule has 0 aliphatic carbocycles. The fourth-order valence-electron chi connectivity index (χ4n) is 3.14. The lowest BCUT2D eigenvalue weighted by Gasteiger charge is -2.34. The molecule has 0 bridgehead atoms. The fourth-order valence-corrected chi connectivity index (χ4v) is 4.65. The average molecular weight is 375 g/mol. The van der Waals surface area contributed by atoms with E-state index in [9.17, 15) is 8.42 Å². The van der Waals surface area contributed by atoms with Crippen LogP contribution in [0.25, 0.3) is 0 Å². The highest BCUT2D eigenvalue weighted by molar-refractivity contribution is 7.89. The first-order valence-corrected chi connectivity index (χ1v) is 10.3. The molecular weight excluding hydrogens is 348 g/mol. The molecule has 1 aliphatic rings. The van der Waals surface area contributed by atoms with Crippen molar-refractivity contribution in [2.45, 2.75) is 25.3 Å². The van der Waals surface area contributed by atoms with Gasteiger partial charge in [-0.15, -0.1) is 0 Å². The molecule has 140 valence electrons. The summed E-state index contributed by atoms with van der Waals surface area (Å²) in [5.74, 6) is 0.845. The van der Waals surface area contributed by atoms with Gasteiger partial charge in [0.15, 0.2) is 0 Å². The van der Waals surface area contributed by atoms with E-state index < -0.39 is 10.0 Å². The molecule has 0 N–H and O–H groups in total. The summed E-state index contributed by atoms with van der Waals surface area (Å²) in [6.45, 7) is 7.26. The summed E-state index contributed by atoms with van der Waals surface area (Å²) in [6, 6.07) is 13.4. The van der Waals surface area contributed by atoms with E-state index in [-0.39, 0.29) is 0 Å². The van der Waals surface area contributed by atoms with Crippen LogP contribution in [0.1, 0.15) is 16.7 Å². The molecule has 0 saturated carbocycles. The average Bonchev–Trinajstić information content (AvgIpc) is 2.65. The quantitative estimate of drug-likeness (QED) is 0.808. The van der Waals surface area contributed by atoms with E-state index in [2.05, 4.69) is 17.0 Å². The first kappa shape index (κ1) is 18.9. The second-order valence-electron chi connectivity index (χ2n) is 6.77. The zero-order valence-corrected chi connectivity index (χ0v) is 16.4. The summed E-state index contributed by atoms with van der Waals surface area (Å²) >= 11 is 0. The van der Waals surface area contributed by atoms with Crippen LogP contribution in [0.3, 0.4) is 0 Å². The number of sulfonamides is 1. The molecule has 2 aromatic carbocycles. The number of benzene rings is 2. The summed E-state index contributed by atoms with van der Waals surface area (Å²) in [5.41, 5.74) is 3.31. The van der Waals surface area contributed by atoms with Gasteiger partial charge >= 0.3 is 0 Å². The maximum Gasteiger partial charge on any atom is 0.243 e. The van der Waals surface area contributed by atoms with Crippen molar-refractivity contribution in [2.75, 3.05) is 33.3 Å². The molecule has 0 atom stereocenters. The third-order valence-corrected chi connectivity index (χ3v) is 6.91. The Bertz CT molecular complexity index is 855. The summed E-state index contributed by atoms with van der Waals surface area (Å²) in [7, 11) is -1.76. The Kier molecular flexibility index (Phi) is 5.65. The maximum atomic E-state index is 12.9. The highest BCUT2D eigenvalue weighted by Gasteiger charge is 2.28. The number of aryl methyl sites for hydroxylation is 2. The Morgan fingerprint density at radius 3 is 2.15 bits per heavy atom. The lowest BCUT2D eigenvalue weighted by Crippen LogP contribution is -2.48. The van der Waals surface area contributed by atoms with Crippen LogP contribution in [0.2, 0.25) is 0 Å². The van der Waals surface area contributed by atoms with Crippen molar-refractivity contribution >= 4 is 10.0 Å². The normalized spacial score (nSPS) is 16.6. The smallest absolute Gasteiger partial charge is 0.243 e. The van der Waals surface area contributed by atoms with E-state index in [1.54, 1.807) is 23.5 Å². The minimum Gasteiger partial charge on any atom is -0.497 e. The number of hydrogen-bond acceptors (Lipinski definition) is 4. The van der Waals surface area contributed by atoms with E-state index in [4.69, 9.17) is 4.74 Å². The molecule has 0 spiro atoms. The zero-order valence-electron chi connectivity index (χ0n) is 15.6. The molecule has 1 aliphatic heterocycles. The van der Waals surface area contributed by atoms with Crippen molar-refractivity contribution in [1.82, 2.24) is 9.21 Å². The van der Waals surface area contributed by atoms with Gasteiger partial charge in [-0.25, -0.2) is 8.42 Å². The SMILES string of the molecule is COc1ccc(CN2CCN(S(=O)(=O)c3ccc(C)c(C)c3)CC2)cc1. The van der Waals surface area contributed by atoms with Gasteiger partial charge in [-0.1, -0.05) is 18.2 Å². The van der Waals surface area contributed by atoms with Crippen molar-refractivity contribution in [3.63, 3.8) is 0 Å². The number of rotatable bonds is 5. The molecule has 1 saturated heterocycles. The highest BCUT2D eigenvalue weighted by Crippen LogP contribution is 2.21. The van der Waals surface area contributed by atoms with Crippen molar-refractivity contribution in [2.24, 2.45) is 0 Å². The van der Waals surface area contributed by atoms with Crippen LogP contribution in [-0.4, -0.2) is 50.9 Å². The Morgan fingerprint density at radius 1 is 0.923 bits per heavy atom. The molecule has 3 rings (SSSR count). The van der Waals surface area contributed by atoms with Crippen molar-refractivity contribution in [3.05, 3.63) is 59.2 Å². The Labute approximate surface area is 156 Å². The van der Waals surface area contributed by atoms with Crippen molar-refractivity contribution in [1.29, 1.82) is 0 Å². The van der Waals surface area contributed by atoms with Crippen molar-refractivity contribution < 1.29 is 13.2 Å². The van der Waals surface area contributed by atoms with Gasteiger partial charge in [-0.3, -0.25) is 4.90 Å². The van der Waals surface area contributed by atoms with Crippen LogP contribution in [0.15, 0.2) is 47.4 Å². The first-order valence-electron chi connectivity index (χ1n) is 8.83. The second kappa shape index (κ2) is 7.78. The van der Waals surface area contributed by atoms with E-state index in [1.165, 1.54) is 5.56 Å². The van der Waals surface area contributed by atoms with Gasteiger partial charge in [-0.2, -0.15) is 4.31 Å². The molecular formula is C20H26N2O3S. The Hall–Kier alpha value is -1.89. The maximum absolute atomic E-state index is 12.9. The van der Waals surface area contributed by atoms with E-state index >= 15 is 0 Å². The summed E-state index contributed by atoms with van der Waals surface area (Å²) in [4.78, 5) is 2.68. The number of methoxy groups -OCH3 is 1. The standard InChI is InChI=1S/C20H26N2O3S/c1-16-4-9-20(14-17(16)2)26(23,24)22-12-10-21(11-13-22)15-18-5-7-19(25-3)8-6-18/h4-9,14H,10-13,15H2,1-3H3. The Balaban J connectivity index is 1.62. The molecule has 2 aromatic rings. The van der Waals surface area contributed by atoms with Gasteiger partial charge in [0.1, 0.15) is 5.75 Å². The summed E-state index contributed by atoms with van der Waals surface area (Å²) in [5, 5.41) is 0. The van der Waals surface area contributed by atoms with Gasteiger partial charge in [0.25, 0.3) is 0 Å². The van der Waals surface area contributed by atoms with Crippen LogP contribution >= 0.6 is 0 Å². The number of piperazine rings is 1. The van der Waals surface area contributed by atoms with Crippen LogP contribution < -0.4 is 4.74 Å². The topological polar surface area (TPSA) is 49.9 Å². The Morgan fingerprint density at radius 2 is 1.58 bits per heavy atom. The predicted octanol–water partition coefficient (Wildman–Crippen LogP) is 2.82. The van der Waals surface area contributed by atoms with Crippen LogP contribution in [0, 0.1) is 13.8 Å². The van der Waals surface area contributed by atoms with Crippen molar-refractivity contribution in [3.8, 4) is 5.75 Å². The first-order chi connectivity index (χ1) is 12.4. The molecule has 1 fully saturated rings. The van der Waals surface area contributed by atoms with E-state index in [0.717, 1.165) is 36.5 Å². The lowest BCUT2D eigenvalue weighted by atomic mass is 10.1. The number of nitrogens with zero attached hydrogens (tertiary/aromatic N) is 2. The van der Waals surface area contributed by atoms with Gasteiger partial charge in [0.05, 0.1) is 12.0 Å². The second-order valence-corrected chi connectivity index (χ2v) is 8.71. The van der Waals surface area contributed by atoms with Gasteiger partial charge in [-0.05, 0) is 54.8 Å². The molecule has 0 unspecified atom stereocenters. The molecule has 1 heterocycles. The molecule has 5 nitrogen and oxygen atoms in total. The van der Waals surface area contributed by atoms with E-state index in [1.807, 2.05) is 32.0 Å². The van der Waals surface area contributed by atoms with Gasteiger partial charge in [0, 0.05) is 32.7 Å². The largest absolute Gasteiger partial charge is 0.497 e. The monoisotopic (exact) mass is 374 g/mol. The fraction of sp³-hybridized carbons (Fsp3) is 0.400. The van der Waals surface area contributed by atoms with Crippen LogP contribution in [0.5, 0.6) is 5.75 Å². The van der Waals surface area contributed by atoms with Crippen LogP contribution in [0.4, 0.5) is 0 Å².